The van der Waals surface area contributed by atoms with E-state index in [0.717, 1.165) is 5.56 Å². The van der Waals surface area contributed by atoms with Crippen LogP contribution in [0.15, 0.2) is 65.3 Å². The van der Waals surface area contributed by atoms with E-state index in [4.69, 9.17) is 9.15 Å². The van der Waals surface area contributed by atoms with Crippen LogP contribution in [0.2, 0.25) is 0 Å². The second kappa shape index (κ2) is 8.91. The number of carbonyl (C=O) groups is 2. The monoisotopic (exact) mass is 445 g/mol. The van der Waals surface area contributed by atoms with Crippen LogP contribution in [0.4, 0.5) is 11.4 Å². The molecule has 1 amide bonds. The maximum atomic E-state index is 12.9. The van der Waals surface area contributed by atoms with E-state index in [1.165, 1.54) is 18.4 Å². The number of nitro benzene ring substituents is 1. The van der Waals surface area contributed by atoms with Gasteiger partial charge in [0.05, 0.1) is 22.3 Å². The first kappa shape index (κ1) is 21.7. The summed E-state index contributed by atoms with van der Waals surface area (Å²) in [6.45, 7) is 2.83. The molecule has 9 nitrogen and oxygen atoms in total. The summed E-state index contributed by atoms with van der Waals surface area (Å²) >= 11 is 0. The van der Waals surface area contributed by atoms with Gasteiger partial charge in [0.1, 0.15) is 11.4 Å². The fourth-order valence-electron chi connectivity index (χ4n) is 3.39. The molecule has 4 rings (SSSR count). The molecular formula is C24H19N3O6. The SMILES string of the molecule is Cc1ccc([N+](=O)[O-])c(NC(=O)COC(=O)c2cc(-c3ccco3)nc3ccccc23)c1C. The van der Waals surface area contributed by atoms with E-state index in [2.05, 4.69) is 10.3 Å². The fraction of sp³-hybridized carbons (Fsp3) is 0.125. The third kappa shape index (κ3) is 4.42. The minimum absolute atomic E-state index is 0.0792. The van der Waals surface area contributed by atoms with Gasteiger partial charge in [0.2, 0.25) is 0 Å². The topological polar surface area (TPSA) is 125 Å². The molecule has 0 aliphatic rings. The highest BCUT2D eigenvalue weighted by molar-refractivity contribution is 6.05. The average Bonchev–Trinajstić information content (AvgIpc) is 3.34. The number of furan rings is 1. The molecule has 9 heteroatoms. The third-order valence-corrected chi connectivity index (χ3v) is 5.22. The Balaban J connectivity index is 1.56. The number of ether oxygens (including phenoxy) is 1. The number of anilines is 1. The molecule has 0 fully saturated rings. The van der Waals surface area contributed by atoms with E-state index in [9.17, 15) is 19.7 Å². The maximum absolute atomic E-state index is 12.9. The third-order valence-electron chi connectivity index (χ3n) is 5.22. The van der Waals surface area contributed by atoms with Crippen LogP contribution >= 0.6 is 0 Å². The zero-order valence-electron chi connectivity index (χ0n) is 17.8. The van der Waals surface area contributed by atoms with E-state index < -0.39 is 23.4 Å². The molecule has 0 saturated carbocycles. The Morgan fingerprint density at radius 1 is 1.12 bits per heavy atom. The van der Waals surface area contributed by atoms with Gasteiger partial charge in [0.25, 0.3) is 11.6 Å². The van der Waals surface area contributed by atoms with Gasteiger partial charge in [-0.3, -0.25) is 14.9 Å². The van der Waals surface area contributed by atoms with E-state index >= 15 is 0 Å². The van der Waals surface area contributed by atoms with Gasteiger partial charge >= 0.3 is 5.97 Å². The lowest BCUT2D eigenvalue weighted by Gasteiger charge is -2.12. The minimum atomic E-state index is -0.730. The van der Waals surface area contributed by atoms with Gasteiger partial charge in [-0.15, -0.1) is 0 Å². The summed E-state index contributed by atoms with van der Waals surface area (Å²) in [7, 11) is 0. The largest absolute Gasteiger partial charge is 0.463 e. The van der Waals surface area contributed by atoms with Crippen molar-refractivity contribution in [1.82, 2.24) is 4.98 Å². The zero-order valence-corrected chi connectivity index (χ0v) is 17.8. The van der Waals surface area contributed by atoms with E-state index in [1.54, 1.807) is 56.3 Å². The van der Waals surface area contributed by atoms with Crippen LogP contribution in [-0.4, -0.2) is 28.4 Å². The Morgan fingerprint density at radius 3 is 2.64 bits per heavy atom. The number of esters is 1. The molecule has 33 heavy (non-hydrogen) atoms. The molecule has 0 unspecified atom stereocenters. The molecular weight excluding hydrogens is 426 g/mol. The molecule has 166 valence electrons. The Hall–Kier alpha value is -4.53. The maximum Gasteiger partial charge on any atom is 0.339 e. The Labute approximate surface area is 188 Å². The summed E-state index contributed by atoms with van der Waals surface area (Å²) in [5.74, 6) is -0.938. The summed E-state index contributed by atoms with van der Waals surface area (Å²) in [5, 5.41) is 14.4. The lowest BCUT2D eigenvalue weighted by Crippen LogP contribution is -2.22. The Morgan fingerprint density at radius 2 is 1.91 bits per heavy atom. The number of pyridine rings is 1. The van der Waals surface area contributed by atoms with Crippen molar-refractivity contribution in [3.8, 4) is 11.5 Å². The first-order chi connectivity index (χ1) is 15.8. The molecule has 2 heterocycles. The van der Waals surface area contributed by atoms with Crippen LogP contribution < -0.4 is 5.32 Å². The van der Waals surface area contributed by atoms with Crippen molar-refractivity contribution in [2.45, 2.75) is 13.8 Å². The smallest absolute Gasteiger partial charge is 0.339 e. The molecule has 4 aromatic rings. The number of hydrogen-bond donors (Lipinski definition) is 1. The van der Waals surface area contributed by atoms with Crippen molar-refractivity contribution in [2.75, 3.05) is 11.9 Å². The van der Waals surface area contributed by atoms with E-state index in [0.29, 0.717) is 27.9 Å². The van der Waals surface area contributed by atoms with Crippen molar-refractivity contribution < 1.29 is 23.7 Å². The summed E-state index contributed by atoms with van der Waals surface area (Å²) in [5.41, 5.74) is 2.41. The van der Waals surface area contributed by atoms with Crippen LogP contribution in [0, 0.1) is 24.0 Å². The van der Waals surface area contributed by atoms with Gasteiger partial charge in [0, 0.05) is 11.5 Å². The fourth-order valence-corrected chi connectivity index (χ4v) is 3.39. The van der Waals surface area contributed by atoms with Gasteiger partial charge in [-0.2, -0.15) is 0 Å². The average molecular weight is 445 g/mol. The summed E-state index contributed by atoms with van der Waals surface area (Å²) in [6.07, 6.45) is 1.50. The normalized spacial score (nSPS) is 10.7. The van der Waals surface area contributed by atoms with Crippen LogP contribution in [0.3, 0.4) is 0 Å². The molecule has 0 saturated heterocycles. The first-order valence-electron chi connectivity index (χ1n) is 10.0. The van der Waals surface area contributed by atoms with Crippen molar-refractivity contribution in [3.05, 3.63) is 87.7 Å². The number of para-hydroxylation sites is 1. The number of aryl methyl sites for hydroxylation is 1. The number of aromatic nitrogens is 1. The van der Waals surface area contributed by atoms with Gasteiger partial charge in [-0.05, 0) is 49.2 Å². The number of amides is 1. The number of nitrogens with one attached hydrogen (secondary N) is 1. The second-order valence-corrected chi connectivity index (χ2v) is 7.33. The minimum Gasteiger partial charge on any atom is -0.463 e. The number of nitro groups is 1. The lowest BCUT2D eigenvalue weighted by atomic mass is 10.1. The Bertz CT molecular complexity index is 1380. The van der Waals surface area contributed by atoms with Crippen LogP contribution in [0.25, 0.3) is 22.4 Å². The van der Waals surface area contributed by atoms with Crippen LogP contribution in [0.1, 0.15) is 21.5 Å². The molecule has 2 aromatic heterocycles. The number of carbonyl (C=O) groups excluding carboxylic acids is 2. The number of hydrogen-bond acceptors (Lipinski definition) is 7. The highest BCUT2D eigenvalue weighted by Crippen LogP contribution is 2.30. The van der Waals surface area contributed by atoms with Crippen LogP contribution in [-0.2, 0) is 9.53 Å². The van der Waals surface area contributed by atoms with Gasteiger partial charge in [-0.1, -0.05) is 24.3 Å². The van der Waals surface area contributed by atoms with Gasteiger partial charge in [-0.25, -0.2) is 9.78 Å². The van der Waals surface area contributed by atoms with Gasteiger partial charge < -0.3 is 14.5 Å². The number of benzene rings is 2. The van der Waals surface area contributed by atoms with Crippen molar-refractivity contribution >= 4 is 34.2 Å². The molecule has 0 atom stereocenters. The highest BCUT2D eigenvalue weighted by atomic mass is 16.6. The van der Waals surface area contributed by atoms with Crippen molar-refractivity contribution in [2.24, 2.45) is 0 Å². The number of rotatable bonds is 6. The molecule has 2 aromatic carbocycles. The lowest BCUT2D eigenvalue weighted by molar-refractivity contribution is -0.384. The van der Waals surface area contributed by atoms with E-state index in [-0.39, 0.29) is 16.9 Å². The van der Waals surface area contributed by atoms with Crippen LogP contribution in [0.5, 0.6) is 0 Å². The van der Waals surface area contributed by atoms with E-state index in [1.807, 2.05) is 0 Å². The molecule has 0 aliphatic carbocycles. The predicted molar refractivity (Wildman–Crippen MR) is 121 cm³/mol. The summed E-state index contributed by atoms with van der Waals surface area (Å²) in [4.78, 5) is 40.6. The first-order valence-corrected chi connectivity index (χ1v) is 10.0. The quantitative estimate of drug-likeness (QED) is 0.256. The van der Waals surface area contributed by atoms with Crippen molar-refractivity contribution in [3.63, 3.8) is 0 Å². The summed E-state index contributed by atoms with van der Waals surface area (Å²) in [6, 6.07) is 14.9. The molecule has 0 spiro atoms. The highest BCUT2D eigenvalue weighted by Gasteiger charge is 2.21. The number of fused-ring (bicyclic) bond motifs is 1. The van der Waals surface area contributed by atoms with Crippen molar-refractivity contribution in [1.29, 1.82) is 0 Å². The number of nitrogens with zero attached hydrogens (tertiary/aromatic N) is 2. The second-order valence-electron chi connectivity index (χ2n) is 7.33. The zero-order chi connectivity index (χ0) is 23.5. The standard InChI is InChI=1S/C24H19N3O6/c1-14-9-10-20(27(30)31)23(15(14)2)26-22(28)13-33-24(29)17-12-19(21-8-5-11-32-21)25-18-7-4-3-6-16(17)18/h3-12H,13H2,1-2H3,(H,26,28). The molecule has 0 aliphatic heterocycles. The summed E-state index contributed by atoms with van der Waals surface area (Å²) < 4.78 is 10.6. The predicted octanol–water partition coefficient (Wildman–Crippen LogP) is 4.82. The van der Waals surface area contributed by atoms with Gasteiger partial charge in [0.15, 0.2) is 12.4 Å². The molecule has 0 bridgehead atoms. The Kier molecular flexibility index (Phi) is 5.86. The molecule has 0 radical (unpaired) electrons. The molecule has 1 N–H and O–H groups in total.